The maximum absolute atomic E-state index is 13.8. The molecule has 126 valence electrons. The molecule has 1 aromatic carbocycles. The van der Waals surface area contributed by atoms with Crippen molar-refractivity contribution in [2.75, 3.05) is 39.9 Å². The zero-order valence-corrected chi connectivity index (χ0v) is 14.3. The molecular weight excluding hydrogens is 315 g/mol. The molecule has 0 radical (unpaired) electrons. The zero-order chi connectivity index (χ0) is 16.2. The molecule has 2 atom stereocenters. The van der Waals surface area contributed by atoms with Crippen molar-refractivity contribution in [2.24, 2.45) is 5.92 Å². The molecule has 0 amide bonds. The molecule has 2 aliphatic heterocycles. The Balaban J connectivity index is 1.61. The van der Waals surface area contributed by atoms with E-state index < -0.39 is 0 Å². The lowest BCUT2D eigenvalue weighted by Crippen LogP contribution is -2.30. The minimum absolute atomic E-state index is 0.188. The first kappa shape index (κ1) is 16.9. The molecule has 3 rings (SSSR count). The lowest BCUT2D eigenvalue weighted by Gasteiger charge is -2.26. The SMILES string of the molecule is CN1CC[C@H](CNCC2=CCCOC2)[C@@H]1c1ccc(Cl)c(F)c1. The van der Waals surface area contributed by atoms with Gasteiger partial charge in [0.25, 0.3) is 0 Å². The number of hydrogen-bond donors (Lipinski definition) is 1. The minimum Gasteiger partial charge on any atom is -0.377 e. The summed E-state index contributed by atoms with van der Waals surface area (Å²) in [7, 11) is 2.11. The van der Waals surface area contributed by atoms with E-state index in [4.69, 9.17) is 16.3 Å². The molecule has 0 aromatic heterocycles. The summed E-state index contributed by atoms with van der Waals surface area (Å²) in [5.41, 5.74) is 2.34. The third kappa shape index (κ3) is 4.13. The van der Waals surface area contributed by atoms with Gasteiger partial charge in [0.15, 0.2) is 0 Å². The Morgan fingerprint density at radius 1 is 1.43 bits per heavy atom. The summed E-state index contributed by atoms with van der Waals surface area (Å²) >= 11 is 5.81. The fraction of sp³-hybridized carbons (Fsp3) is 0.556. The second kappa shape index (κ2) is 7.75. The van der Waals surface area contributed by atoms with Gasteiger partial charge in [-0.15, -0.1) is 0 Å². The molecule has 0 unspecified atom stereocenters. The van der Waals surface area contributed by atoms with Crippen LogP contribution in [0.25, 0.3) is 0 Å². The summed E-state index contributed by atoms with van der Waals surface area (Å²) in [6.07, 6.45) is 4.40. The third-order valence-corrected chi connectivity index (χ3v) is 5.11. The van der Waals surface area contributed by atoms with E-state index in [1.165, 1.54) is 5.57 Å². The van der Waals surface area contributed by atoms with E-state index in [0.717, 1.165) is 51.3 Å². The normalized spacial score (nSPS) is 25.6. The van der Waals surface area contributed by atoms with Crippen LogP contribution in [-0.2, 0) is 4.74 Å². The first-order valence-electron chi connectivity index (χ1n) is 8.26. The number of nitrogens with zero attached hydrogens (tertiary/aromatic N) is 1. The van der Waals surface area contributed by atoms with Crippen LogP contribution in [0, 0.1) is 11.7 Å². The van der Waals surface area contributed by atoms with Crippen LogP contribution in [0.1, 0.15) is 24.4 Å². The van der Waals surface area contributed by atoms with Gasteiger partial charge in [-0.05, 0) is 55.6 Å². The predicted molar refractivity (Wildman–Crippen MR) is 91.3 cm³/mol. The van der Waals surface area contributed by atoms with Gasteiger partial charge < -0.3 is 10.1 Å². The predicted octanol–water partition coefficient (Wildman–Crippen LogP) is 3.41. The Bertz CT molecular complexity index is 578. The Morgan fingerprint density at radius 3 is 3.04 bits per heavy atom. The van der Waals surface area contributed by atoms with Crippen molar-refractivity contribution in [1.29, 1.82) is 0 Å². The second-order valence-electron chi connectivity index (χ2n) is 6.48. The number of nitrogens with one attached hydrogen (secondary N) is 1. The molecule has 0 saturated carbocycles. The first-order chi connectivity index (χ1) is 11.1. The maximum atomic E-state index is 13.8. The highest BCUT2D eigenvalue weighted by Crippen LogP contribution is 2.36. The zero-order valence-electron chi connectivity index (χ0n) is 13.5. The number of hydrogen-bond acceptors (Lipinski definition) is 3. The van der Waals surface area contributed by atoms with Gasteiger partial charge in [0.2, 0.25) is 0 Å². The van der Waals surface area contributed by atoms with Gasteiger partial charge in [0.1, 0.15) is 5.82 Å². The molecule has 1 aromatic rings. The van der Waals surface area contributed by atoms with Crippen LogP contribution >= 0.6 is 11.6 Å². The summed E-state index contributed by atoms with van der Waals surface area (Å²) in [5.74, 6) is 0.145. The quantitative estimate of drug-likeness (QED) is 0.833. The molecule has 0 aliphatic carbocycles. The van der Waals surface area contributed by atoms with Gasteiger partial charge in [0.05, 0.1) is 18.2 Å². The molecule has 1 fully saturated rings. The highest BCUT2D eigenvalue weighted by molar-refractivity contribution is 6.30. The van der Waals surface area contributed by atoms with Crippen LogP contribution in [0.4, 0.5) is 4.39 Å². The van der Waals surface area contributed by atoms with E-state index in [0.29, 0.717) is 5.92 Å². The van der Waals surface area contributed by atoms with E-state index in [-0.39, 0.29) is 16.9 Å². The number of ether oxygens (including phenoxy) is 1. The van der Waals surface area contributed by atoms with Crippen molar-refractivity contribution >= 4 is 11.6 Å². The Morgan fingerprint density at radius 2 is 2.30 bits per heavy atom. The van der Waals surface area contributed by atoms with Gasteiger partial charge >= 0.3 is 0 Å². The van der Waals surface area contributed by atoms with Crippen LogP contribution in [0.2, 0.25) is 5.02 Å². The van der Waals surface area contributed by atoms with Crippen molar-refractivity contribution in [2.45, 2.75) is 18.9 Å². The molecule has 1 N–H and O–H groups in total. The fourth-order valence-corrected chi connectivity index (χ4v) is 3.73. The fourth-order valence-electron chi connectivity index (χ4n) is 3.61. The van der Waals surface area contributed by atoms with Crippen LogP contribution < -0.4 is 5.32 Å². The molecular formula is C18H24ClFN2O. The van der Waals surface area contributed by atoms with Crippen molar-refractivity contribution in [3.05, 3.63) is 46.3 Å². The van der Waals surface area contributed by atoms with Gasteiger partial charge in [-0.25, -0.2) is 4.39 Å². The van der Waals surface area contributed by atoms with Crippen LogP contribution in [0.3, 0.4) is 0 Å². The van der Waals surface area contributed by atoms with Crippen molar-refractivity contribution in [1.82, 2.24) is 10.2 Å². The maximum Gasteiger partial charge on any atom is 0.142 e. The topological polar surface area (TPSA) is 24.5 Å². The van der Waals surface area contributed by atoms with Crippen LogP contribution in [0.15, 0.2) is 29.8 Å². The smallest absolute Gasteiger partial charge is 0.142 e. The largest absolute Gasteiger partial charge is 0.377 e. The van der Waals surface area contributed by atoms with Crippen LogP contribution in [-0.4, -0.2) is 44.8 Å². The van der Waals surface area contributed by atoms with E-state index in [1.807, 2.05) is 6.07 Å². The minimum atomic E-state index is -0.333. The summed E-state index contributed by atoms with van der Waals surface area (Å²) in [4.78, 5) is 2.30. The van der Waals surface area contributed by atoms with Gasteiger partial charge in [-0.2, -0.15) is 0 Å². The average Bonchev–Trinajstić information content (AvgIpc) is 2.92. The standard InChI is InChI=1S/C18H24ClFN2O/c1-22-7-6-15(11-21-10-13-3-2-8-23-12-13)18(22)14-4-5-16(19)17(20)9-14/h3-5,9,15,18,21H,2,6-8,10-12H2,1H3/t15-,18+/m1/s1. The molecule has 0 bridgehead atoms. The van der Waals surface area contributed by atoms with Crippen molar-refractivity contribution in [3.8, 4) is 0 Å². The number of likely N-dealkylation sites (tertiary alicyclic amines) is 1. The van der Waals surface area contributed by atoms with E-state index in [9.17, 15) is 4.39 Å². The summed E-state index contributed by atoms with van der Waals surface area (Å²) in [5, 5.41) is 3.74. The monoisotopic (exact) mass is 338 g/mol. The molecule has 3 nitrogen and oxygen atoms in total. The Labute approximate surface area is 142 Å². The van der Waals surface area contributed by atoms with E-state index >= 15 is 0 Å². The molecule has 2 heterocycles. The first-order valence-corrected chi connectivity index (χ1v) is 8.64. The molecule has 23 heavy (non-hydrogen) atoms. The lowest BCUT2D eigenvalue weighted by atomic mass is 9.93. The average molecular weight is 339 g/mol. The van der Waals surface area contributed by atoms with Gasteiger partial charge in [-0.1, -0.05) is 23.7 Å². The number of rotatable bonds is 5. The van der Waals surface area contributed by atoms with Gasteiger partial charge in [-0.3, -0.25) is 4.90 Å². The second-order valence-corrected chi connectivity index (χ2v) is 6.89. The van der Waals surface area contributed by atoms with Crippen LogP contribution in [0.5, 0.6) is 0 Å². The molecule has 1 saturated heterocycles. The van der Waals surface area contributed by atoms with Crippen molar-refractivity contribution < 1.29 is 9.13 Å². The third-order valence-electron chi connectivity index (χ3n) is 4.80. The summed E-state index contributed by atoms with van der Waals surface area (Å²) < 4.78 is 19.3. The lowest BCUT2D eigenvalue weighted by molar-refractivity contribution is 0.148. The van der Waals surface area contributed by atoms with Gasteiger partial charge in [0, 0.05) is 19.1 Å². The van der Waals surface area contributed by atoms with Crippen molar-refractivity contribution in [3.63, 3.8) is 0 Å². The summed E-state index contributed by atoms with van der Waals surface area (Å²) in [6, 6.07) is 5.43. The van der Waals surface area contributed by atoms with E-state index in [1.54, 1.807) is 12.1 Å². The molecule has 2 aliphatic rings. The summed E-state index contributed by atoms with van der Waals surface area (Å²) in [6.45, 7) is 4.41. The number of halogens is 2. The van der Waals surface area contributed by atoms with E-state index in [2.05, 4.69) is 23.3 Å². The molecule has 0 spiro atoms. The highest BCUT2D eigenvalue weighted by Gasteiger charge is 2.33. The Kier molecular flexibility index (Phi) is 5.70. The Hall–Kier alpha value is -0.940. The highest BCUT2D eigenvalue weighted by atomic mass is 35.5. The molecule has 5 heteroatoms. The number of benzene rings is 1.